The summed E-state index contributed by atoms with van der Waals surface area (Å²) in [6.07, 6.45) is 0. The molecule has 0 aliphatic carbocycles. The molecule has 3 N–H and O–H groups in total. The molecule has 6 nitrogen and oxygen atoms in total. The monoisotopic (exact) mass is 308 g/mol. The van der Waals surface area contributed by atoms with E-state index in [2.05, 4.69) is 20.5 Å². The van der Waals surface area contributed by atoms with Crippen molar-refractivity contribution in [1.29, 1.82) is 0 Å². The van der Waals surface area contributed by atoms with E-state index in [-0.39, 0.29) is 0 Å². The van der Waals surface area contributed by atoms with Crippen molar-refractivity contribution in [2.24, 2.45) is 5.84 Å². The van der Waals surface area contributed by atoms with Crippen LogP contribution >= 0.6 is 22.9 Å². The third-order valence-electron chi connectivity index (χ3n) is 3.09. The highest BCUT2D eigenvalue weighted by Gasteiger charge is 2.13. The molecule has 8 heteroatoms. The number of nitrogen functional groups attached to an aromatic ring is 1. The van der Waals surface area contributed by atoms with Crippen molar-refractivity contribution in [3.8, 4) is 0 Å². The number of thiophene rings is 1. The number of nitrogens with zero attached hydrogens (tertiary/aromatic N) is 4. The van der Waals surface area contributed by atoms with Crippen LogP contribution < -0.4 is 11.3 Å². The van der Waals surface area contributed by atoms with Gasteiger partial charge in [-0.2, -0.15) is 5.10 Å². The second-order valence-electron chi connectivity index (χ2n) is 4.41. The predicted molar refractivity (Wildman–Crippen MR) is 81.0 cm³/mol. The van der Waals surface area contributed by atoms with Gasteiger partial charge in [0.05, 0.1) is 21.8 Å². The Morgan fingerprint density at radius 3 is 2.85 bits per heavy atom. The summed E-state index contributed by atoms with van der Waals surface area (Å²) in [5.74, 6) is 6.79. The van der Waals surface area contributed by atoms with Gasteiger partial charge >= 0.3 is 0 Å². The number of anilines is 1. The number of nitrogens with one attached hydrogen (secondary N) is 1. The lowest BCUT2D eigenvalue weighted by atomic mass is 10.3. The highest BCUT2D eigenvalue weighted by Crippen LogP contribution is 2.25. The van der Waals surface area contributed by atoms with Crippen molar-refractivity contribution in [2.75, 3.05) is 5.43 Å². The molecule has 0 unspecified atom stereocenters. The Hall–Kier alpha value is -1.70. The van der Waals surface area contributed by atoms with Crippen LogP contribution in [0.4, 0.5) is 5.82 Å². The Morgan fingerprint density at radius 1 is 1.40 bits per heavy atom. The molecule has 0 amide bonds. The largest absolute Gasteiger partial charge is 0.308 e. The number of nitrogens with two attached hydrogens (primary N) is 1. The van der Waals surface area contributed by atoms with Crippen molar-refractivity contribution in [3.63, 3.8) is 0 Å². The summed E-state index contributed by atoms with van der Waals surface area (Å²) in [5.41, 5.74) is 4.32. The molecule has 3 aromatic heterocycles. The summed E-state index contributed by atoms with van der Waals surface area (Å²) in [4.78, 5) is 9.85. The summed E-state index contributed by atoms with van der Waals surface area (Å²) in [6.45, 7) is 4.26. The van der Waals surface area contributed by atoms with Crippen molar-refractivity contribution in [1.82, 2.24) is 19.7 Å². The highest BCUT2D eigenvalue weighted by atomic mass is 35.5. The lowest BCUT2D eigenvalue weighted by molar-refractivity contribution is 0.635. The van der Waals surface area contributed by atoms with Crippen LogP contribution in [0.3, 0.4) is 0 Å². The average Bonchev–Trinajstić information content (AvgIpc) is 2.99. The van der Waals surface area contributed by atoms with E-state index < -0.39 is 0 Å². The molecule has 3 heterocycles. The molecule has 3 aromatic rings. The van der Waals surface area contributed by atoms with E-state index >= 15 is 0 Å². The fraction of sp³-hybridized carbons (Fsp3) is 0.250. The molecule has 0 aliphatic heterocycles. The first-order valence-corrected chi connectivity index (χ1v) is 7.26. The molecular formula is C12H13ClN6S. The zero-order chi connectivity index (χ0) is 14.3. The van der Waals surface area contributed by atoms with Gasteiger partial charge < -0.3 is 5.43 Å². The normalized spacial score (nSPS) is 11.2. The van der Waals surface area contributed by atoms with Gasteiger partial charge in [-0.3, -0.25) is 4.68 Å². The Labute approximate surface area is 124 Å². The van der Waals surface area contributed by atoms with E-state index in [4.69, 9.17) is 17.4 Å². The summed E-state index contributed by atoms with van der Waals surface area (Å²) in [7, 11) is 0. The highest BCUT2D eigenvalue weighted by molar-refractivity contribution is 7.16. The van der Waals surface area contributed by atoms with Gasteiger partial charge in [0.2, 0.25) is 0 Å². The maximum absolute atomic E-state index is 6.15. The van der Waals surface area contributed by atoms with Gasteiger partial charge in [-0.25, -0.2) is 15.8 Å². The number of aromatic nitrogens is 4. The van der Waals surface area contributed by atoms with E-state index in [1.54, 1.807) is 16.0 Å². The van der Waals surface area contributed by atoms with Crippen LogP contribution in [0.2, 0.25) is 5.02 Å². The van der Waals surface area contributed by atoms with E-state index in [9.17, 15) is 0 Å². The van der Waals surface area contributed by atoms with Crippen molar-refractivity contribution in [3.05, 3.63) is 33.7 Å². The maximum atomic E-state index is 6.15. The Balaban J connectivity index is 2.04. The molecule has 0 radical (unpaired) electrons. The molecule has 3 rings (SSSR count). The van der Waals surface area contributed by atoms with Gasteiger partial charge in [0.1, 0.15) is 11.4 Å². The number of rotatable bonds is 3. The fourth-order valence-corrected chi connectivity index (χ4v) is 2.96. The zero-order valence-corrected chi connectivity index (χ0v) is 12.6. The van der Waals surface area contributed by atoms with Crippen molar-refractivity contribution >= 4 is 39.0 Å². The van der Waals surface area contributed by atoms with Gasteiger partial charge in [-0.05, 0) is 25.3 Å². The lowest BCUT2D eigenvalue weighted by Crippen LogP contribution is -2.13. The standard InChI is InChI=1S/C12H13ClN6S/c1-6-10(13)7(2)19(18-6)5-9-15-11(17-14)8-3-4-20-12(8)16-9/h3-4H,5,14H2,1-2H3,(H,15,16,17). The number of aryl methyl sites for hydroxylation is 1. The second-order valence-corrected chi connectivity index (χ2v) is 5.69. The van der Waals surface area contributed by atoms with E-state index in [1.807, 2.05) is 25.3 Å². The van der Waals surface area contributed by atoms with Crippen LogP contribution in [-0.4, -0.2) is 19.7 Å². The minimum absolute atomic E-state index is 0.460. The van der Waals surface area contributed by atoms with E-state index in [1.165, 1.54) is 0 Å². The van der Waals surface area contributed by atoms with Gasteiger partial charge in [-0.1, -0.05) is 11.6 Å². The smallest absolute Gasteiger partial charge is 0.153 e. The predicted octanol–water partition coefficient (Wildman–Crippen LogP) is 2.49. The fourth-order valence-electron chi connectivity index (χ4n) is 2.04. The molecular weight excluding hydrogens is 296 g/mol. The number of halogens is 1. The molecule has 0 bridgehead atoms. The zero-order valence-electron chi connectivity index (χ0n) is 11.0. The Bertz CT molecular complexity index is 778. The molecule has 104 valence electrons. The Kier molecular flexibility index (Phi) is 3.33. The Morgan fingerprint density at radius 2 is 2.20 bits per heavy atom. The third-order valence-corrected chi connectivity index (χ3v) is 4.45. The minimum atomic E-state index is 0.460. The number of hydrogen-bond acceptors (Lipinski definition) is 6. The summed E-state index contributed by atoms with van der Waals surface area (Å²) in [6, 6.07) is 1.94. The first-order chi connectivity index (χ1) is 9.60. The summed E-state index contributed by atoms with van der Waals surface area (Å²) < 4.78 is 1.80. The van der Waals surface area contributed by atoms with Gasteiger partial charge in [0.25, 0.3) is 0 Å². The molecule has 0 saturated heterocycles. The number of hydrazine groups is 1. The van der Waals surface area contributed by atoms with Gasteiger partial charge in [0.15, 0.2) is 11.6 Å². The first-order valence-electron chi connectivity index (χ1n) is 6.00. The quantitative estimate of drug-likeness (QED) is 0.574. The minimum Gasteiger partial charge on any atom is -0.308 e. The molecule has 0 saturated carbocycles. The SMILES string of the molecule is Cc1nn(Cc2nc(NN)c3ccsc3n2)c(C)c1Cl. The van der Waals surface area contributed by atoms with Crippen LogP contribution in [0.1, 0.15) is 17.2 Å². The van der Waals surface area contributed by atoms with Crippen LogP contribution in [-0.2, 0) is 6.54 Å². The van der Waals surface area contributed by atoms with Crippen molar-refractivity contribution < 1.29 is 0 Å². The number of hydrogen-bond donors (Lipinski definition) is 2. The molecule has 0 fully saturated rings. The lowest BCUT2D eigenvalue weighted by Gasteiger charge is -2.06. The van der Waals surface area contributed by atoms with Crippen LogP contribution in [0.15, 0.2) is 11.4 Å². The van der Waals surface area contributed by atoms with E-state index in [0.717, 1.165) is 21.6 Å². The summed E-state index contributed by atoms with van der Waals surface area (Å²) in [5, 5.41) is 7.95. The topological polar surface area (TPSA) is 81.7 Å². The molecule has 0 spiro atoms. The van der Waals surface area contributed by atoms with Crippen molar-refractivity contribution in [2.45, 2.75) is 20.4 Å². The number of fused-ring (bicyclic) bond motifs is 1. The van der Waals surface area contributed by atoms with Gasteiger partial charge in [-0.15, -0.1) is 11.3 Å². The van der Waals surface area contributed by atoms with Crippen LogP contribution in [0.25, 0.3) is 10.2 Å². The molecule has 0 aromatic carbocycles. The first kappa shape index (κ1) is 13.3. The third kappa shape index (κ3) is 2.13. The van der Waals surface area contributed by atoms with Crippen LogP contribution in [0.5, 0.6) is 0 Å². The molecule has 20 heavy (non-hydrogen) atoms. The van der Waals surface area contributed by atoms with Crippen LogP contribution in [0, 0.1) is 13.8 Å². The summed E-state index contributed by atoms with van der Waals surface area (Å²) >= 11 is 7.70. The molecule has 0 aliphatic rings. The van der Waals surface area contributed by atoms with E-state index in [0.29, 0.717) is 23.2 Å². The maximum Gasteiger partial charge on any atom is 0.153 e. The van der Waals surface area contributed by atoms with Gasteiger partial charge in [0, 0.05) is 0 Å². The average molecular weight is 309 g/mol. The molecule has 0 atom stereocenters. The second kappa shape index (κ2) is 5.01.